The fraction of sp³-hybridized carbons (Fsp3) is 0.333. The number of ether oxygens (including phenoxy) is 2. The summed E-state index contributed by atoms with van der Waals surface area (Å²) in [6.45, 7) is 5.72. The third-order valence-corrected chi connectivity index (χ3v) is 3.46. The van der Waals surface area contributed by atoms with Crippen LogP contribution in [-0.2, 0) is 6.61 Å². The Labute approximate surface area is 126 Å². The van der Waals surface area contributed by atoms with E-state index >= 15 is 0 Å². The molecule has 1 N–H and O–H groups in total. The van der Waals surface area contributed by atoms with Crippen molar-refractivity contribution in [2.45, 2.75) is 26.5 Å². The minimum atomic E-state index is 0.324. The van der Waals surface area contributed by atoms with Gasteiger partial charge in [-0.15, -0.1) is 0 Å². The van der Waals surface area contributed by atoms with E-state index in [-0.39, 0.29) is 0 Å². The van der Waals surface area contributed by atoms with Crippen molar-refractivity contribution in [3.63, 3.8) is 0 Å². The van der Waals surface area contributed by atoms with Crippen LogP contribution in [0, 0.1) is 0 Å². The lowest BCUT2D eigenvalue weighted by atomic mass is 10.1. The average Bonchev–Trinajstić information content (AvgIpc) is 2.53. The molecule has 21 heavy (non-hydrogen) atoms. The molecule has 0 saturated heterocycles. The molecule has 0 amide bonds. The van der Waals surface area contributed by atoms with Gasteiger partial charge in [0.15, 0.2) is 0 Å². The largest absolute Gasteiger partial charge is 0.496 e. The van der Waals surface area contributed by atoms with Crippen LogP contribution >= 0.6 is 0 Å². The summed E-state index contributed by atoms with van der Waals surface area (Å²) >= 11 is 0. The van der Waals surface area contributed by atoms with Gasteiger partial charge in [0.2, 0.25) is 0 Å². The zero-order valence-electron chi connectivity index (χ0n) is 12.9. The molecule has 3 heteroatoms. The van der Waals surface area contributed by atoms with Crippen LogP contribution in [-0.4, -0.2) is 13.7 Å². The van der Waals surface area contributed by atoms with Crippen molar-refractivity contribution >= 4 is 0 Å². The third kappa shape index (κ3) is 4.23. The number of rotatable bonds is 7. The highest BCUT2D eigenvalue weighted by Gasteiger charge is 2.06. The van der Waals surface area contributed by atoms with Gasteiger partial charge in [0.1, 0.15) is 18.1 Å². The fourth-order valence-electron chi connectivity index (χ4n) is 2.28. The second-order valence-electron chi connectivity index (χ2n) is 4.95. The van der Waals surface area contributed by atoms with E-state index in [0.717, 1.165) is 23.6 Å². The first kappa shape index (κ1) is 15.4. The Kier molecular flexibility index (Phi) is 5.64. The van der Waals surface area contributed by atoms with Crippen molar-refractivity contribution in [2.75, 3.05) is 13.7 Å². The number of para-hydroxylation sites is 1. The number of nitrogens with one attached hydrogen (secondary N) is 1. The molecular weight excluding hydrogens is 262 g/mol. The van der Waals surface area contributed by atoms with Crippen LogP contribution in [0.25, 0.3) is 0 Å². The molecule has 0 aliphatic rings. The van der Waals surface area contributed by atoms with Crippen molar-refractivity contribution in [1.82, 2.24) is 5.32 Å². The van der Waals surface area contributed by atoms with Gasteiger partial charge in [0.05, 0.1) is 7.11 Å². The lowest BCUT2D eigenvalue weighted by molar-refractivity contribution is 0.296. The smallest absolute Gasteiger partial charge is 0.125 e. The van der Waals surface area contributed by atoms with Crippen LogP contribution in [0.4, 0.5) is 0 Å². The molecule has 0 bridgehead atoms. The molecule has 0 saturated carbocycles. The Balaban J connectivity index is 2.05. The lowest BCUT2D eigenvalue weighted by Crippen LogP contribution is -2.17. The molecule has 1 atom stereocenters. The van der Waals surface area contributed by atoms with E-state index in [2.05, 4.69) is 31.3 Å². The predicted octanol–water partition coefficient (Wildman–Crippen LogP) is 3.94. The van der Waals surface area contributed by atoms with E-state index in [1.54, 1.807) is 7.11 Å². The highest BCUT2D eigenvalue weighted by Crippen LogP contribution is 2.22. The highest BCUT2D eigenvalue weighted by atomic mass is 16.5. The molecule has 0 radical (unpaired) electrons. The van der Waals surface area contributed by atoms with Crippen LogP contribution in [0.5, 0.6) is 11.5 Å². The van der Waals surface area contributed by atoms with Crippen LogP contribution in [0.15, 0.2) is 48.5 Å². The van der Waals surface area contributed by atoms with Gasteiger partial charge in [-0.25, -0.2) is 0 Å². The molecule has 2 aromatic carbocycles. The monoisotopic (exact) mass is 285 g/mol. The summed E-state index contributed by atoms with van der Waals surface area (Å²) in [5.74, 6) is 1.73. The van der Waals surface area contributed by atoms with Crippen LogP contribution < -0.4 is 14.8 Å². The van der Waals surface area contributed by atoms with Crippen molar-refractivity contribution in [3.05, 3.63) is 59.7 Å². The highest BCUT2D eigenvalue weighted by molar-refractivity contribution is 5.34. The molecule has 0 aliphatic heterocycles. The summed E-state index contributed by atoms with van der Waals surface area (Å²) in [5.41, 5.74) is 2.28. The lowest BCUT2D eigenvalue weighted by Gasteiger charge is -2.15. The Morgan fingerprint density at radius 3 is 2.67 bits per heavy atom. The van der Waals surface area contributed by atoms with Crippen molar-refractivity contribution in [2.24, 2.45) is 0 Å². The van der Waals surface area contributed by atoms with Gasteiger partial charge in [0.25, 0.3) is 0 Å². The molecule has 0 spiro atoms. The SMILES string of the molecule is CCNC(C)c1cccc(OCc2ccccc2OC)c1. The summed E-state index contributed by atoms with van der Waals surface area (Å²) < 4.78 is 11.2. The maximum atomic E-state index is 5.90. The van der Waals surface area contributed by atoms with Crippen molar-refractivity contribution in [1.29, 1.82) is 0 Å². The molecule has 2 rings (SSSR count). The number of hydrogen-bond donors (Lipinski definition) is 1. The topological polar surface area (TPSA) is 30.5 Å². The molecule has 1 unspecified atom stereocenters. The normalized spacial score (nSPS) is 12.0. The quantitative estimate of drug-likeness (QED) is 0.835. The van der Waals surface area contributed by atoms with Crippen molar-refractivity contribution in [3.8, 4) is 11.5 Å². The summed E-state index contributed by atoms with van der Waals surface area (Å²) in [7, 11) is 1.68. The van der Waals surface area contributed by atoms with Gasteiger partial charge in [-0.2, -0.15) is 0 Å². The summed E-state index contributed by atoms with van der Waals surface area (Å²) in [4.78, 5) is 0. The van der Waals surface area contributed by atoms with E-state index in [9.17, 15) is 0 Å². The van der Waals surface area contributed by atoms with Gasteiger partial charge >= 0.3 is 0 Å². The molecule has 0 aromatic heterocycles. The molecule has 0 fully saturated rings. The second-order valence-corrected chi connectivity index (χ2v) is 4.95. The second kappa shape index (κ2) is 7.70. The number of methoxy groups -OCH3 is 1. The van der Waals surface area contributed by atoms with E-state index in [1.807, 2.05) is 36.4 Å². The Hall–Kier alpha value is -2.00. The first-order valence-corrected chi connectivity index (χ1v) is 7.32. The number of hydrogen-bond acceptors (Lipinski definition) is 3. The molecule has 3 nitrogen and oxygen atoms in total. The van der Waals surface area contributed by atoms with Gasteiger partial charge in [-0.1, -0.05) is 37.3 Å². The zero-order chi connectivity index (χ0) is 15.1. The fourth-order valence-corrected chi connectivity index (χ4v) is 2.28. The summed E-state index contributed by atoms with van der Waals surface area (Å²) in [5, 5.41) is 3.41. The molecular formula is C18H23NO2. The minimum absolute atomic E-state index is 0.324. The molecule has 0 aliphatic carbocycles. The number of benzene rings is 2. The molecule has 0 heterocycles. The Morgan fingerprint density at radius 1 is 1.10 bits per heavy atom. The zero-order valence-corrected chi connectivity index (χ0v) is 12.9. The maximum Gasteiger partial charge on any atom is 0.125 e. The average molecular weight is 285 g/mol. The van der Waals surface area contributed by atoms with Crippen LogP contribution in [0.1, 0.15) is 31.0 Å². The molecule has 2 aromatic rings. The predicted molar refractivity (Wildman–Crippen MR) is 85.9 cm³/mol. The van der Waals surface area contributed by atoms with Crippen LogP contribution in [0.2, 0.25) is 0 Å². The standard InChI is InChI=1S/C18H23NO2/c1-4-19-14(2)15-9-7-10-17(12-15)21-13-16-8-5-6-11-18(16)20-3/h5-12,14,19H,4,13H2,1-3H3. The van der Waals surface area contributed by atoms with Crippen molar-refractivity contribution < 1.29 is 9.47 Å². The van der Waals surface area contributed by atoms with Gasteiger partial charge in [0, 0.05) is 11.6 Å². The Bertz CT molecular complexity index is 569. The summed E-state index contributed by atoms with van der Waals surface area (Å²) in [6, 6.07) is 16.5. The maximum absolute atomic E-state index is 5.90. The van der Waals surface area contributed by atoms with E-state index in [0.29, 0.717) is 12.6 Å². The molecule has 112 valence electrons. The Morgan fingerprint density at radius 2 is 1.90 bits per heavy atom. The third-order valence-electron chi connectivity index (χ3n) is 3.46. The minimum Gasteiger partial charge on any atom is -0.496 e. The van der Waals surface area contributed by atoms with Crippen LogP contribution in [0.3, 0.4) is 0 Å². The van der Waals surface area contributed by atoms with Gasteiger partial charge in [-0.05, 0) is 37.2 Å². The first-order valence-electron chi connectivity index (χ1n) is 7.32. The first-order chi connectivity index (χ1) is 10.2. The van der Waals surface area contributed by atoms with E-state index in [4.69, 9.17) is 9.47 Å². The van der Waals surface area contributed by atoms with Gasteiger partial charge < -0.3 is 14.8 Å². The van der Waals surface area contributed by atoms with Gasteiger partial charge in [-0.3, -0.25) is 0 Å². The van der Waals surface area contributed by atoms with E-state index in [1.165, 1.54) is 5.56 Å². The van der Waals surface area contributed by atoms with E-state index < -0.39 is 0 Å². The summed E-state index contributed by atoms with van der Waals surface area (Å²) in [6.07, 6.45) is 0.